The zero-order chi connectivity index (χ0) is 21.7. The van der Waals surface area contributed by atoms with Crippen LogP contribution in [0.4, 0.5) is 0 Å². The number of thioether (sulfide) groups is 1. The van der Waals surface area contributed by atoms with E-state index in [1.807, 2.05) is 13.2 Å². The van der Waals surface area contributed by atoms with Crippen LogP contribution in [0.3, 0.4) is 0 Å². The summed E-state index contributed by atoms with van der Waals surface area (Å²) >= 11 is 1.73. The largest absolute Gasteiger partial charge is 0.458 e. The third-order valence-electron chi connectivity index (χ3n) is 5.10. The summed E-state index contributed by atoms with van der Waals surface area (Å²) in [6.45, 7) is 4.71. The number of benzene rings is 1. The number of rotatable bonds is 9. The van der Waals surface area contributed by atoms with E-state index in [9.17, 15) is 4.91 Å². The summed E-state index contributed by atoms with van der Waals surface area (Å²) in [6, 6.07) is 8.56. The second-order valence-electron chi connectivity index (χ2n) is 8.05. The SMILES string of the molecule is CNC/C(=C\NCC(C)(C)N=O)C1=CC2C(=C(c3cccc(SC)c3)C=CN2C)O1. The van der Waals surface area contributed by atoms with E-state index < -0.39 is 5.54 Å². The van der Waals surface area contributed by atoms with Crippen molar-refractivity contribution < 1.29 is 4.74 Å². The first kappa shape index (κ1) is 22.2. The molecule has 0 bridgehead atoms. The zero-order valence-electron chi connectivity index (χ0n) is 18.2. The summed E-state index contributed by atoms with van der Waals surface area (Å²) in [7, 11) is 3.96. The van der Waals surface area contributed by atoms with E-state index in [1.165, 1.54) is 4.90 Å². The van der Waals surface area contributed by atoms with Gasteiger partial charge in [0.05, 0.1) is 0 Å². The van der Waals surface area contributed by atoms with Crippen molar-refractivity contribution in [1.82, 2.24) is 15.5 Å². The number of hydrogen-bond donors (Lipinski definition) is 2. The van der Waals surface area contributed by atoms with Crippen LogP contribution in [0, 0.1) is 4.91 Å². The van der Waals surface area contributed by atoms with Crippen LogP contribution in [0.15, 0.2) is 76.0 Å². The smallest absolute Gasteiger partial charge is 0.138 e. The van der Waals surface area contributed by atoms with Gasteiger partial charge in [0.15, 0.2) is 0 Å². The molecule has 1 aromatic carbocycles. The second-order valence-corrected chi connectivity index (χ2v) is 8.93. The van der Waals surface area contributed by atoms with Gasteiger partial charge in [-0.25, -0.2) is 0 Å². The molecule has 2 aliphatic heterocycles. The molecule has 7 heteroatoms. The van der Waals surface area contributed by atoms with E-state index in [0.717, 1.165) is 28.2 Å². The lowest BCUT2D eigenvalue weighted by Gasteiger charge is -2.27. The number of nitroso groups, excluding NO2 is 1. The number of nitrogens with zero attached hydrogens (tertiary/aromatic N) is 2. The van der Waals surface area contributed by atoms with Gasteiger partial charge in [-0.15, -0.1) is 11.8 Å². The molecule has 1 unspecified atom stereocenters. The number of fused-ring (bicyclic) bond motifs is 1. The van der Waals surface area contributed by atoms with E-state index in [2.05, 4.69) is 76.6 Å². The zero-order valence-corrected chi connectivity index (χ0v) is 19.0. The van der Waals surface area contributed by atoms with E-state index in [4.69, 9.17) is 4.74 Å². The van der Waals surface area contributed by atoms with Crippen molar-refractivity contribution in [2.75, 3.05) is 33.4 Å². The fraction of sp³-hybridized carbons (Fsp3) is 0.391. The van der Waals surface area contributed by atoms with Gasteiger partial charge in [-0.1, -0.05) is 17.3 Å². The van der Waals surface area contributed by atoms with Gasteiger partial charge < -0.3 is 20.3 Å². The number of ether oxygens (including phenoxy) is 1. The Morgan fingerprint density at radius 3 is 2.90 bits per heavy atom. The van der Waals surface area contributed by atoms with Crippen molar-refractivity contribution in [3.8, 4) is 0 Å². The fourth-order valence-corrected chi connectivity index (χ4v) is 3.83. The molecule has 0 saturated carbocycles. The maximum Gasteiger partial charge on any atom is 0.138 e. The molecule has 0 aromatic heterocycles. The predicted molar refractivity (Wildman–Crippen MR) is 125 cm³/mol. The average molecular weight is 427 g/mol. The molecule has 30 heavy (non-hydrogen) atoms. The van der Waals surface area contributed by atoms with E-state index >= 15 is 0 Å². The van der Waals surface area contributed by atoms with Crippen LogP contribution in [0.25, 0.3) is 5.57 Å². The molecule has 2 heterocycles. The number of hydrogen-bond acceptors (Lipinski definition) is 7. The summed E-state index contributed by atoms with van der Waals surface area (Å²) in [6.07, 6.45) is 10.3. The first-order valence-electron chi connectivity index (χ1n) is 9.99. The molecule has 2 aliphatic rings. The number of allylic oxidation sites excluding steroid dienone is 2. The highest BCUT2D eigenvalue weighted by Crippen LogP contribution is 2.38. The minimum Gasteiger partial charge on any atom is -0.458 e. The lowest BCUT2D eigenvalue weighted by molar-refractivity contribution is 0.281. The van der Waals surface area contributed by atoms with E-state index in [-0.39, 0.29) is 6.04 Å². The molecule has 3 rings (SSSR count). The Kier molecular flexibility index (Phi) is 7.05. The van der Waals surface area contributed by atoms with Crippen molar-refractivity contribution in [3.63, 3.8) is 0 Å². The van der Waals surface area contributed by atoms with Crippen LogP contribution in [-0.4, -0.2) is 49.9 Å². The van der Waals surface area contributed by atoms with E-state index in [1.54, 1.807) is 25.6 Å². The third kappa shape index (κ3) is 4.96. The van der Waals surface area contributed by atoms with Crippen LogP contribution in [0.5, 0.6) is 0 Å². The molecule has 6 nitrogen and oxygen atoms in total. The van der Waals surface area contributed by atoms with Crippen LogP contribution in [0.1, 0.15) is 19.4 Å². The van der Waals surface area contributed by atoms with Crippen molar-refractivity contribution in [2.24, 2.45) is 5.18 Å². The summed E-state index contributed by atoms with van der Waals surface area (Å²) in [5.41, 5.74) is 2.58. The Bertz CT molecular complexity index is 918. The van der Waals surface area contributed by atoms with Crippen LogP contribution >= 0.6 is 11.8 Å². The predicted octanol–water partition coefficient (Wildman–Crippen LogP) is 4.10. The normalized spacial score (nSPS) is 18.8. The highest BCUT2D eigenvalue weighted by Gasteiger charge is 2.32. The quantitative estimate of drug-likeness (QED) is 0.458. The molecule has 1 atom stereocenters. The Hall–Kier alpha value is -2.51. The molecule has 1 aromatic rings. The Morgan fingerprint density at radius 1 is 1.40 bits per heavy atom. The molecule has 2 N–H and O–H groups in total. The van der Waals surface area contributed by atoms with Crippen molar-refractivity contribution in [2.45, 2.75) is 30.3 Å². The van der Waals surface area contributed by atoms with Gasteiger partial charge in [0, 0.05) is 48.6 Å². The third-order valence-corrected chi connectivity index (χ3v) is 5.83. The lowest BCUT2D eigenvalue weighted by atomic mass is 9.98. The molecule has 0 spiro atoms. The summed E-state index contributed by atoms with van der Waals surface area (Å²) in [5, 5.41) is 9.58. The van der Waals surface area contributed by atoms with Gasteiger partial charge in [-0.2, -0.15) is 4.91 Å². The maximum atomic E-state index is 10.9. The van der Waals surface area contributed by atoms with Gasteiger partial charge >= 0.3 is 0 Å². The first-order valence-corrected chi connectivity index (χ1v) is 11.2. The molecular weight excluding hydrogens is 396 g/mol. The highest BCUT2D eigenvalue weighted by atomic mass is 32.2. The first-order chi connectivity index (χ1) is 14.4. The van der Waals surface area contributed by atoms with E-state index in [0.29, 0.717) is 13.1 Å². The molecule has 0 saturated heterocycles. The monoisotopic (exact) mass is 426 g/mol. The van der Waals surface area contributed by atoms with Crippen LogP contribution in [-0.2, 0) is 4.74 Å². The molecular formula is C23H30N4O2S. The van der Waals surface area contributed by atoms with Crippen LogP contribution in [0.2, 0.25) is 0 Å². The Balaban J connectivity index is 1.89. The lowest BCUT2D eigenvalue weighted by Crippen LogP contribution is -2.30. The highest BCUT2D eigenvalue weighted by molar-refractivity contribution is 7.98. The van der Waals surface area contributed by atoms with Gasteiger partial charge in [-0.3, -0.25) is 0 Å². The summed E-state index contributed by atoms with van der Waals surface area (Å²) in [5.74, 6) is 1.76. The second kappa shape index (κ2) is 9.53. The fourth-order valence-electron chi connectivity index (χ4n) is 3.37. The maximum absolute atomic E-state index is 10.9. The molecule has 0 radical (unpaired) electrons. The van der Waals surface area contributed by atoms with Crippen LogP contribution < -0.4 is 10.6 Å². The minimum atomic E-state index is -0.664. The molecule has 0 fully saturated rings. The summed E-state index contributed by atoms with van der Waals surface area (Å²) in [4.78, 5) is 14.3. The van der Waals surface area contributed by atoms with Gasteiger partial charge in [0.2, 0.25) is 0 Å². The number of likely N-dealkylation sites (N-methyl/N-ethyl adjacent to an activating group) is 2. The van der Waals surface area contributed by atoms with Crippen molar-refractivity contribution >= 4 is 17.3 Å². The topological polar surface area (TPSA) is 66.0 Å². The molecule has 0 amide bonds. The molecule has 160 valence electrons. The van der Waals surface area contributed by atoms with Gasteiger partial charge in [-0.05, 0) is 57.0 Å². The Labute approximate surface area is 183 Å². The number of nitrogens with one attached hydrogen (secondary N) is 2. The van der Waals surface area contributed by atoms with Crippen molar-refractivity contribution in [3.05, 3.63) is 76.4 Å². The summed E-state index contributed by atoms with van der Waals surface area (Å²) < 4.78 is 6.41. The average Bonchev–Trinajstić information content (AvgIpc) is 3.19. The van der Waals surface area contributed by atoms with Crippen molar-refractivity contribution in [1.29, 1.82) is 0 Å². The standard InChI is InChI=1S/C23H30N4O2S/c1-23(2,26-28)15-25-14-17(13-24-3)21-12-20-22(29-21)19(9-10-27(20)4)16-7-6-8-18(11-16)30-5/h6-12,14,20,24-25H,13,15H2,1-5H3/b17-14+. The Morgan fingerprint density at radius 2 is 2.20 bits per heavy atom. The van der Waals surface area contributed by atoms with Gasteiger partial charge in [0.1, 0.15) is 23.1 Å². The minimum absolute atomic E-state index is 0.0475. The van der Waals surface area contributed by atoms with Gasteiger partial charge in [0.25, 0.3) is 0 Å². The molecule has 0 aliphatic carbocycles.